The summed E-state index contributed by atoms with van der Waals surface area (Å²) in [4.78, 5) is 41.8. The third-order valence-electron chi connectivity index (χ3n) is 1.90. The van der Waals surface area contributed by atoms with Gasteiger partial charge in [-0.15, -0.1) is 0 Å². The van der Waals surface area contributed by atoms with E-state index < -0.39 is 24.0 Å². The van der Waals surface area contributed by atoms with Gasteiger partial charge in [-0.1, -0.05) is 0 Å². The molecule has 0 aliphatic carbocycles. The van der Waals surface area contributed by atoms with Gasteiger partial charge in [0.05, 0.1) is 7.11 Å². The van der Waals surface area contributed by atoms with Crippen molar-refractivity contribution in [2.24, 2.45) is 0 Å². The molecule has 0 aliphatic rings. The van der Waals surface area contributed by atoms with E-state index in [9.17, 15) is 19.2 Å². The molecule has 0 spiro atoms. The van der Waals surface area contributed by atoms with Gasteiger partial charge >= 0.3 is 11.9 Å². The molecule has 0 fully saturated rings. The van der Waals surface area contributed by atoms with Gasteiger partial charge in [0.1, 0.15) is 12.1 Å². The fourth-order valence-corrected chi connectivity index (χ4v) is 1.49. The molecule has 2 amide bonds. The van der Waals surface area contributed by atoms with Crippen LogP contribution in [0.5, 0.6) is 0 Å². The zero-order valence-corrected chi connectivity index (χ0v) is 13.7. The van der Waals surface area contributed by atoms with Crippen LogP contribution in [0.2, 0.25) is 0 Å². The molecule has 21 heavy (non-hydrogen) atoms. The van der Waals surface area contributed by atoms with E-state index >= 15 is 0 Å². The number of hydrogen-bond donors (Lipinski definition) is 5. The number of carbonyl (C=O) groups is 4. The molecule has 3 N–H and O–H groups in total. The Balaban J connectivity index is 0. The SMILES string of the molecule is CC(=O)N[C@@H](CS)C(=O)O.COC(=O)[C@H](CS)NC(C)=O. The van der Waals surface area contributed by atoms with E-state index in [-0.39, 0.29) is 23.3 Å². The summed E-state index contributed by atoms with van der Waals surface area (Å²) in [5, 5.41) is 13.0. The summed E-state index contributed by atoms with van der Waals surface area (Å²) in [6, 6.07) is -1.51. The van der Waals surface area contributed by atoms with Crippen LogP contribution in [0.25, 0.3) is 0 Å². The number of esters is 1. The second kappa shape index (κ2) is 12.3. The Hall–Kier alpha value is -1.42. The molecule has 0 heterocycles. The predicted octanol–water partition coefficient (Wildman–Crippen LogP) is -0.901. The third-order valence-corrected chi connectivity index (χ3v) is 2.63. The Morgan fingerprint density at radius 3 is 1.57 bits per heavy atom. The van der Waals surface area contributed by atoms with E-state index in [1.807, 2.05) is 0 Å². The maximum Gasteiger partial charge on any atom is 0.329 e. The molecule has 122 valence electrons. The molecule has 0 saturated carbocycles. The fourth-order valence-electron chi connectivity index (χ4n) is 0.998. The summed E-state index contributed by atoms with van der Waals surface area (Å²) >= 11 is 7.60. The number of methoxy groups -OCH3 is 1. The lowest BCUT2D eigenvalue weighted by Crippen LogP contribution is -2.41. The maximum absolute atomic E-state index is 10.8. The monoisotopic (exact) mass is 340 g/mol. The summed E-state index contributed by atoms with van der Waals surface area (Å²) in [5.74, 6) is -1.82. The number of thiol groups is 2. The van der Waals surface area contributed by atoms with E-state index in [0.29, 0.717) is 0 Å². The lowest BCUT2D eigenvalue weighted by atomic mass is 10.3. The predicted molar refractivity (Wildman–Crippen MR) is 82.6 cm³/mol. The van der Waals surface area contributed by atoms with E-state index in [1.165, 1.54) is 21.0 Å². The topological polar surface area (TPSA) is 122 Å². The van der Waals surface area contributed by atoms with Crippen molar-refractivity contribution in [3.05, 3.63) is 0 Å². The van der Waals surface area contributed by atoms with Crippen molar-refractivity contribution in [1.29, 1.82) is 0 Å². The van der Waals surface area contributed by atoms with E-state index in [1.54, 1.807) is 0 Å². The molecule has 0 saturated heterocycles. The molecule has 0 aromatic heterocycles. The molecule has 0 aromatic rings. The minimum Gasteiger partial charge on any atom is -0.480 e. The number of carboxylic acids is 1. The largest absolute Gasteiger partial charge is 0.480 e. The highest BCUT2D eigenvalue weighted by Crippen LogP contribution is 1.90. The van der Waals surface area contributed by atoms with Crippen LogP contribution in [0.3, 0.4) is 0 Å². The number of ether oxygens (including phenoxy) is 1. The summed E-state index contributed by atoms with van der Waals surface area (Å²) in [7, 11) is 1.26. The van der Waals surface area contributed by atoms with Crippen molar-refractivity contribution in [2.45, 2.75) is 25.9 Å². The molecule has 0 bridgehead atoms. The van der Waals surface area contributed by atoms with Crippen LogP contribution in [0.15, 0.2) is 0 Å². The smallest absolute Gasteiger partial charge is 0.329 e. The molecule has 10 heteroatoms. The molecule has 2 atom stereocenters. The molecule has 0 rings (SSSR count). The highest BCUT2D eigenvalue weighted by molar-refractivity contribution is 7.80. The van der Waals surface area contributed by atoms with Gasteiger partial charge < -0.3 is 20.5 Å². The second-order valence-corrected chi connectivity index (χ2v) is 4.46. The molecule has 8 nitrogen and oxygen atoms in total. The standard InChI is InChI=1S/C6H11NO3S.C5H9NO3S/c1-4(8)7-5(3-11)6(9)10-2;1-3(7)6-4(2-10)5(8)9/h5,11H,3H2,1-2H3,(H,7,8);4,10H,2H2,1H3,(H,6,7)(H,8,9)/t5-;4-/m00/s1. The van der Waals surface area contributed by atoms with E-state index in [4.69, 9.17) is 5.11 Å². The highest BCUT2D eigenvalue weighted by atomic mass is 32.1. The van der Waals surface area contributed by atoms with Crippen LogP contribution in [-0.2, 0) is 23.9 Å². The van der Waals surface area contributed by atoms with Crippen LogP contribution >= 0.6 is 25.3 Å². The minimum atomic E-state index is -1.06. The van der Waals surface area contributed by atoms with Crippen molar-refractivity contribution in [1.82, 2.24) is 10.6 Å². The van der Waals surface area contributed by atoms with Crippen molar-refractivity contribution in [3.63, 3.8) is 0 Å². The molecule has 0 aromatic carbocycles. The Bertz CT molecular complexity index is 378. The van der Waals surface area contributed by atoms with Gasteiger partial charge in [-0.25, -0.2) is 9.59 Å². The normalized spacial score (nSPS) is 12.0. The number of carbonyl (C=O) groups excluding carboxylic acids is 3. The summed E-state index contributed by atoms with van der Waals surface area (Å²) in [6.45, 7) is 2.60. The van der Waals surface area contributed by atoms with Crippen molar-refractivity contribution in [2.75, 3.05) is 18.6 Å². The van der Waals surface area contributed by atoms with Crippen molar-refractivity contribution >= 4 is 49.0 Å². The number of carboxylic acid groups (broad SMARTS) is 1. The third kappa shape index (κ3) is 12.1. The molecule has 0 aliphatic heterocycles. The van der Waals surface area contributed by atoms with Gasteiger partial charge in [-0.05, 0) is 0 Å². The fraction of sp³-hybridized carbons (Fsp3) is 0.636. The first-order chi connectivity index (χ1) is 9.69. The van der Waals surface area contributed by atoms with Crippen LogP contribution in [-0.4, -0.2) is 59.6 Å². The van der Waals surface area contributed by atoms with Crippen molar-refractivity contribution < 1.29 is 29.0 Å². The lowest BCUT2D eigenvalue weighted by molar-refractivity contribution is -0.144. The first-order valence-electron chi connectivity index (χ1n) is 5.76. The van der Waals surface area contributed by atoms with E-state index in [0.717, 1.165) is 0 Å². The van der Waals surface area contributed by atoms with E-state index in [2.05, 4.69) is 40.6 Å². The average Bonchev–Trinajstić information content (AvgIpc) is 2.41. The molecule has 0 radical (unpaired) electrons. The van der Waals surface area contributed by atoms with Gasteiger partial charge in [-0.3, -0.25) is 9.59 Å². The number of hydrogen-bond acceptors (Lipinski definition) is 7. The Kier molecular flexibility index (Phi) is 12.8. The zero-order valence-electron chi connectivity index (χ0n) is 12.0. The number of amides is 2. The maximum atomic E-state index is 10.8. The summed E-state index contributed by atoms with van der Waals surface area (Å²) < 4.78 is 4.40. The van der Waals surface area contributed by atoms with Crippen LogP contribution < -0.4 is 10.6 Å². The average molecular weight is 340 g/mol. The van der Waals surface area contributed by atoms with Gasteiger partial charge in [0.25, 0.3) is 0 Å². The van der Waals surface area contributed by atoms with Crippen LogP contribution in [0.1, 0.15) is 13.8 Å². The molecular weight excluding hydrogens is 320 g/mol. The molecule has 0 unspecified atom stereocenters. The lowest BCUT2D eigenvalue weighted by Gasteiger charge is -2.11. The van der Waals surface area contributed by atoms with Gasteiger partial charge in [-0.2, -0.15) is 25.3 Å². The number of rotatable bonds is 6. The summed E-state index contributed by atoms with van der Waals surface area (Å²) in [5.41, 5.74) is 0. The van der Waals surface area contributed by atoms with Gasteiger partial charge in [0.15, 0.2) is 0 Å². The van der Waals surface area contributed by atoms with Crippen LogP contribution in [0, 0.1) is 0 Å². The van der Waals surface area contributed by atoms with Crippen LogP contribution in [0.4, 0.5) is 0 Å². The quantitative estimate of drug-likeness (QED) is 0.316. The second-order valence-electron chi connectivity index (χ2n) is 3.73. The highest BCUT2D eigenvalue weighted by Gasteiger charge is 2.17. The zero-order chi connectivity index (χ0) is 17.0. The van der Waals surface area contributed by atoms with Crippen molar-refractivity contribution in [3.8, 4) is 0 Å². The first-order valence-corrected chi connectivity index (χ1v) is 7.02. The van der Waals surface area contributed by atoms with Gasteiger partial charge in [0, 0.05) is 25.4 Å². The number of aliphatic carboxylic acids is 1. The van der Waals surface area contributed by atoms with Gasteiger partial charge in [0.2, 0.25) is 11.8 Å². The molecular formula is C11H20N2O6S2. The Morgan fingerprint density at radius 2 is 1.38 bits per heavy atom. The summed E-state index contributed by atoms with van der Waals surface area (Å²) in [6.07, 6.45) is 0. The minimum absolute atomic E-state index is 0.106. The number of nitrogens with one attached hydrogen (secondary N) is 2. The Morgan fingerprint density at radius 1 is 1.00 bits per heavy atom. The Labute approximate surface area is 133 Å². The first kappa shape index (κ1) is 21.9.